The summed E-state index contributed by atoms with van der Waals surface area (Å²) in [5.41, 5.74) is 1.29. The molecule has 1 amide bonds. The summed E-state index contributed by atoms with van der Waals surface area (Å²) in [5.74, 6) is 0.134. The zero-order valence-corrected chi connectivity index (χ0v) is 15.6. The Morgan fingerprint density at radius 3 is 2.30 bits per heavy atom. The summed E-state index contributed by atoms with van der Waals surface area (Å²) in [6.45, 7) is 5.62. The first-order valence-corrected chi connectivity index (χ1v) is 7.93. The van der Waals surface area contributed by atoms with Gasteiger partial charge in [0.25, 0.3) is 0 Å². The minimum absolute atomic E-state index is 0. The second-order valence-electron chi connectivity index (χ2n) is 5.87. The second-order valence-corrected chi connectivity index (χ2v) is 5.87. The summed E-state index contributed by atoms with van der Waals surface area (Å²) in [4.78, 5) is 14.6. The van der Waals surface area contributed by atoms with Gasteiger partial charge < -0.3 is 10.6 Å². The highest BCUT2D eigenvalue weighted by Gasteiger charge is 2.24. The number of carbonyl (C=O) groups is 1. The summed E-state index contributed by atoms with van der Waals surface area (Å²) < 4.78 is 0. The Bertz CT molecular complexity index is 439. The normalized spacial score (nSPS) is 16.8. The van der Waals surface area contributed by atoms with Gasteiger partial charge in [0.1, 0.15) is 0 Å². The van der Waals surface area contributed by atoms with Crippen LogP contribution in [-0.4, -0.2) is 44.0 Å². The van der Waals surface area contributed by atoms with Crippen molar-refractivity contribution >= 4 is 30.7 Å². The first-order chi connectivity index (χ1) is 10.2. The average molecular weight is 362 g/mol. The summed E-state index contributed by atoms with van der Waals surface area (Å²) >= 11 is 0. The summed E-state index contributed by atoms with van der Waals surface area (Å²) in [5, 5.41) is 6.17. The fourth-order valence-corrected chi connectivity index (χ4v) is 2.96. The number of amides is 1. The van der Waals surface area contributed by atoms with Crippen molar-refractivity contribution in [1.82, 2.24) is 15.5 Å². The van der Waals surface area contributed by atoms with Crippen LogP contribution in [0.3, 0.4) is 0 Å². The van der Waals surface area contributed by atoms with E-state index in [1.165, 1.54) is 18.4 Å². The lowest BCUT2D eigenvalue weighted by atomic mass is 10.0. The molecule has 2 N–H and O–H groups in total. The lowest BCUT2D eigenvalue weighted by Crippen LogP contribution is -2.40. The number of nitrogens with one attached hydrogen (secondary N) is 2. The fourth-order valence-electron chi connectivity index (χ4n) is 2.96. The van der Waals surface area contributed by atoms with Crippen LogP contribution in [-0.2, 0) is 4.79 Å². The van der Waals surface area contributed by atoms with Crippen molar-refractivity contribution in [2.75, 3.05) is 33.2 Å². The third-order valence-electron chi connectivity index (χ3n) is 4.19. The molecular formula is C17H29Cl2N3O. The molecule has 4 nitrogen and oxygen atoms in total. The molecule has 2 unspecified atom stereocenters. The van der Waals surface area contributed by atoms with Crippen molar-refractivity contribution in [2.24, 2.45) is 5.92 Å². The predicted molar refractivity (Wildman–Crippen MR) is 101 cm³/mol. The van der Waals surface area contributed by atoms with Crippen molar-refractivity contribution in [3.8, 4) is 0 Å². The highest BCUT2D eigenvalue weighted by atomic mass is 35.5. The van der Waals surface area contributed by atoms with Crippen LogP contribution in [0.5, 0.6) is 0 Å². The molecule has 6 heteroatoms. The van der Waals surface area contributed by atoms with E-state index in [9.17, 15) is 4.79 Å². The maximum atomic E-state index is 12.1. The quantitative estimate of drug-likeness (QED) is 0.784. The molecule has 0 aliphatic carbocycles. The van der Waals surface area contributed by atoms with Crippen LogP contribution in [0, 0.1) is 5.92 Å². The van der Waals surface area contributed by atoms with Gasteiger partial charge in [-0.25, -0.2) is 0 Å². The summed E-state index contributed by atoms with van der Waals surface area (Å²) in [6, 6.07) is 10.8. The Balaban J connectivity index is 0.00000242. The first-order valence-electron chi connectivity index (χ1n) is 7.93. The summed E-state index contributed by atoms with van der Waals surface area (Å²) in [7, 11) is 1.88. The molecule has 132 valence electrons. The highest BCUT2D eigenvalue weighted by molar-refractivity contribution is 5.85. The van der Waals surface area contributed by atoms with Gasteiger partial charge >= 0.3 is 0 Å². The Morgan fingerprint density at radius 2 is 1.74 bits per heavy atom. The van der Waals surface area contributed by atoms with E-state index in [4.69, 9.17) is 0 Å². The monoisotopic (exact) mass is 361 g/mol. The van der Waals surface area contributed by atoms with Crippen LogP contribution in [0.15, 0.2) is 30.3 Å². The smallest absolute Gasteiger partial charge is 0.224 e. The van der Waals surface area contributed by atoms with Crippen LogP contribution in [0.2, 0.25) is 0 Å². The number of halogens is 2. The molecule has 1 aliphatic rings. The SMILES string of the molecule is CNCC(C)C(=O)NCC(c1ccccc1)N1CCCC1.Cl.Cl. The lowest BCUT2D eigenvalue weighted by Gasteiger charge is -2.28. The summed E-state index contributed by atoms with van der Waals surface area (Å²) in [6.07, 6.45) is 2.51. The van der Waals surface area contributed by atoms with E-state index in [-0.39, 0.29) is 36.6 Å². The van der Waals surface area contributed by atoms with Crippen molar-refractivity contribution in [3.05, 3.63) is 35.9 Å². The van der Waals surface area contributed by atoms with E-state index in [2.05, 4.69) is 39.8 Å². The Morgan fingerprint density at radius 1 is 1.13 bits per heavy atom. The third kappa shape index (κ3) is 6.68. The van der Waals surface area contributed by atoms with E-state index in [0.29, 0.717) is 19.1 Å². The molecular weight excluding hydrogens is 333 g/mol. The molecule has 1 aromatic carbocycles. The first kappa shape index (κ1) is 22.2. The molecule has 0 saturated carbocycles. The largest absolute Gasteiger partial charge is 0.354 e. The number of carbonyl (C=O) groups excluding carboxylic acids is 1. The molecule has 0 radical (unpaired) electrons. The molecule has 1 aliphatic heterocycles. The van der Waals surface area contributed by atoms with Crippen molar-refractivity contribution in [3.63, 3.8) is 0 Å². The van der Waals surface area contributed by atoms with Gasteiger partial charge in [-0.15, -0.1) is 24.8 Å². The van der Waals surface area contributed by atoms with Crippen LogP contribution in [0.25, 0.3) is 0 Å². The minimum atomic E-state index is 0. The molecule has 1 aromatic rings. The lowest BCUT2D eigenvalue weighted by molar-refractivity contribution is -0.124. The van der Waals surface area contributed by atoms with Crippen molar-refractivity contribution in [2.45, 2.75) is 25.8 Å². The van der Waals surface area contributed by atoms with Crippen molar-refractivity contribution in [1.29, 1.82) is 0 Å². The van der Waals surface area contributed by atoms with E-state index in [1.807, 2.05) is 20.0 Å². The van der Waals surface area contributed by atoms with E-state index in [1.54, 1.807) is 0 Å². The van der Waals surface area contributed by atoms with Gasteiger partial charge in [0.15, 0.2) is 0 Å². The van der Waals surface area contributed by atoms with Crippen LogP contribution in [0.1, 0.15) is 31.4 Å². The topological polar surface area (TPSA) is 44.4 Å². The Hall–Kier alpha value is -0.810. The molecule has 23 heavy (non-hydrogen) atoms. The van der Waals surface area contributed by atoms with E-state index in [0.717, 1.165) is 13.1 Å². The molecule has 0 bridgehead atoms. The van der Waals surface area contributed by atoms with Crippen LogP contribution >= 0.6 is 24.8 Å². The number of nitrogens with zero attached hydrogens (tertiary/aromatic N) is 1. The molecule has 2 atom stereocenters. The minimum Gasteiger partial charge on any atom is -0.354 e. The molecule has 1 fully saturated rings. The zero-order valence-electron chi connectivity index (χ0n) is 14.0. The fraction of sp³-hybridized carbons (Fsp3) is 0.588. The van der Waals surface area contributed by atoms with E-state index < -0.39 is 0 Å². The Labute approximate surface area is 152 Å². The molecule has 1 heterocycles. The number of benzene rings is 1. The Kier molecular flexibility index (Phi) is 11.3. The number of rotatable bonds is 7. The molecule has 0 spiro atoms. The van der Waals surface area contributed by atoms with Gasteiger partial charge in [-0.3, -0.25) is 9.69 Å². The van der Waals surface area contributed by atoms with Crippen molar-refractivity contribution < 1.29 is 4.79 Å². The predicted octanol–water partition coefficient (Wildman–Crippen LogP) is 2.64. The van der Waals surface area contributed by atoms with Gasteiger partial charge in [-0.2, -0.15) is 0 Å². The molecule has 1 saturated heterocycles. The van der Waals surface area contributed by atoms with Gasteiger partial charge in [0.2, 0.25) is 5.91 Å². The van der Waals surface area contributed by atoms with Gasteiger partial charge in [0, 0.05) is 19.0 Å². The molecule has 2 rings (SSSR count). The number of hydrogen-bond acceptors (Lipinski definition) is 3. The standard InChI is InChI=1S/C17H27N3O.2ClH/c1-14(12-18-2)17(21)19-13-16(20-10-6-7-11-20)15-8-4-3-5-9-15;;/h3-5,8-9,14,16,18H,6-7,10-13H2,1-2H3,(H,19,21);2*1H. The second kappa shape index (κ2) is 11.7. The number of hydrogen-bond donors (Lipinski definition) is 2. The van der Waals surface area contributed by atoms with Gasteiger partial charge in [-0.1, -0.05) is 37.3 Å². The van der Waals surface area contributed by atoms with Crippen LogP contribution in [0.4, 0.5) is 0 Å². The third-order valence-corrected chi connectivity index (χ3v) is 4.19. The maximum absolute atomic E-state index is 12.1. The highest BCUT2D eigenvalue weighted by Crippen LogP contribution is 2.24. The maximum Gasteiger partial charge on any atom is 0.224 e. The van der Waals surface area contributed by atoms with E-state index >= 15 is 0 Å². The zero-order chi connectivity index (χ0) is 15.1. The van der Waals surface area contributed by atoms with Gasteiger partial charge in [0.05, 0.1) is 6.04 Å². The average Bonchev–Trinajstić information content (AvgIpc) is 3.03. The van der Waals surface area contributed by atoms with Gasteiger partial charge in [-0.05, 0) is 38.5 Å². The molecule has 0 aromatic heterocycles. The number of likely N-dealkylation sites (tertiary alicyclic amines) is 1. The van der Waals surface area contributed by atoms with Crippen LogP contribution < -0.4 is 10.6 Å².